The summed E-state index contributed by atoms with van der Waals surface area (Å²) in [5.41, 5.74) is 0.679. The van der Waals surface area contributed by atoms with E-state index < -0.39 is 4.92 Å². The Morgan fingerprint density at radius 2 is 2.33 bits per heavy atom. The highest BCUT2D eigenvalue weighted by molar-refractivity contribution is 5.79. The molecule has 2 rings (SSSR count). The summed E-state index contributed by atoms with van der Waals surface area (Å²) in [6.07, 6.45) is 2.51. The molecule has 0 aliphatic heterocycles. The predicted molar refractivity (Wildman–Crippen MR) is 41.7 cm³/mol. The van der Waals surface area contributed by atoms with Crippen molar-refractivity contribution in [1.82, 2.24) is 0 Å². The van der Waals surface area contributed by atoms with Gasteiger partial charge < -0.3 is 4.42 Å². The molecule has 0 bridgehead atoms. The number of nitro benzene ring substituents is 1. The Kier molecular flexibility index (Phi) is 1.33. The number of non-ortho nitro benzene ring substituents is 1. The lowest BCUT2D eigenvalue weighted by atomic mass is 10.2. The van der Waals surface area contributed by atoms with Gasteiger partial charge in [-0.05, 0) is 12.1 Å². The third-order valence-electron chi connectivity index (χ3n) is 1.59. The van der Waals surface area contributed by atoms with Crippen LogP contribution in [0.5, 0.6) is 0 Å². The zero-order chi connectivity index (χ0) is 8.55. The lowest BCUT2D eigenvalue weighted by Gasteiger charge is -1.89. The molecule has 1 aromatic heterocycles. The monoisotopic (exact) mass is 162 g/mol. The molecule has 0 saturated heterocycles. The van der Waals surface area contributed by atoms with Crippen LogP contribution in [0.25, 0.3) is 11.0 Å². The molecule has 0 spiro atoms. The van der Waals surface area contributed by atoms with Crippen molar-refractivity contribution in [3.05, 3.63) is 40.6 Å². The van der Waals surface area contributed by atoms with Gasteiger partial charge in [0.25, 0.3) is 5.69 Å². The molecule has 4 heteroatoms. The second-order valence-electron chi connectivity index (χ2n) is 2.34. The van der Waals surface area contributed by atoms with Crippen molar-refractivity contribution < 1.29 is 9.34 Å². The fraction of sp³-hybridized carbons (Fsp3) is 0. The number of nitrogens with zero attached hydrogens (tertiary/aromatic N) is 1. The van der Waals surface area contributed by atoms with Gasteiger partial charge in [-0.15, -0.1) is 0 Å². The summed E-state index contributed by atoms with van der Waals surface area (Å²) in [7, 11) is 0. The maximum absolute atomic E-state index is 10.3. The molecule has 0 amide bonds. The smallest absolute Gasteiger partial charge is 0.270 e. The van der Waals surface area contributed by atoms with E-state index in [1.165, 1.54) is 12.1 Å². The van der Waals surface area contributed by atoms with Gasteiger partial charge in [0, 0.05) is 17.5 Å². The van der Waals surface area contributed by atoms with E-state index in [1.54, 1.807) is 12.1 Å². The molecule has 0 atom stereocenters. The highest BCUT2D eigenvalue weighted by atomic mass is 16.6. The summed E-state index contributed by atoms with van der Waals surface area (Å²) in [5.74, 6) is 0. The summed E-state index contributed by atoms with van der Waals surface area (Å²) < 4.78 is 4.91. The second-order valence-corrected chi connectivity index (χ2v) is 2.34. The summed E-state index contributed by atoms with van der Waals surface area (Å²) in [6, 6.07) is 5.99. The first kappa shape index (κ1) is 6.84. The van der Waals surface area contributed by atoms with E-state index >= 15 is 0 Å². The molecule has 0 fully saturated rings. The molecule has 0 aliphatic rings. The van der Waals surface area contributed by atoms with Crippen molar-refractivity contribution in [1.29, 1.82) is 0 Å². The maximum Gasteiger partial charge on any atom is 0.270 e. The summed E-state index contributed by atoms with van der Waals surface area (Å²) in [6.45, 7) is 0. The first-order valence-electron chi connectivity index (χ1n) is 3.31. The van der Waals surface area contributed by atoms with E-state index in [1.807, 2.05) is 0 Å². The van der Waals surface area contributed by atoms with Gasteiger partial charge in [0.05, 0.1) is 4.92 Å². The molecule has 2 aromatic rings. The lowest BCUT2D eigenvalue weighted by Crippen LogP contribution is -1.85. The molecule has 59 valence electrons. The van der Waals surface area contributed by atoms with Crippen LogP contribution >= 0.6 is 0 Å². The van der Waals surface area contributed by atoms with Crippen LogP contribution in [0.1, 0.15) is 0 Å². The van der Waals surface area contributed by atoms with Gasteiger partial charge in [-0.25, -0.2) is 0 Å². The third kappa shape index (κ3) is 0.934. The van der Waals surface area contributed by atoms with Crippen molar-refractivity contribution in [3.8, 4) is 0 Å². The lowest BCUT2D eigenvalue weighted by molar-refractivity contribution is -0.384. The summed E-state index contributed by atoms with van der Waals surface area (Å²) in [4.78, 5) is 9.89. The standard InChI is InChI=1S/C8H4NO3/c10-9(11)7-1-2-8-6(5-7)3-4-12-8/h1-3,5H. The summed E-state index contributed by atoms with van der Waals surface area (Å²) in [5, 5.41) is 11.0. The van der Waals surface area contributed by atoms with Gasteiger partial charge in [-0.2, -0.15) is 0 Å². The van der Waals surface area contributed by atoms with Gasteiger partial charge in [-0.3, -0.25) is 10.1 Å². The van der Waals surface area contributed by atoms with Crippen LogP contribution in [-0.4, -0.2) is 4.92 Å². The van der Waals surface area contributed by atoms with Crippen molar-refractivity contribution in [3.63, 3.8) is 0 Å². The van der Waals surface area contributed by atoms with Crippen LogP contribution in [0.15, 0.2) is 28.7 Å². The molecular weight excluding hydrogens is 158 g/mol. The van der Waals surface area contributed by atoms with E-state index in [-0.39, 0.29) is 5.69 Å². The Hall–Kier alpha value is -1.84. The quantitative estimate of drug-likeness (QED) is 0.476. The fourth-order valence-electron chi connectivity index (χ4n) is 1.01. The SMILES string of the molecule is O=[N+]([O-])c1ccc2o[c]cc2c1. The van der Waals surface area contributed by atoms with Gasteiger partial charge >= 0.3 is 0 Å². The van der Waals surface area contributed by atoms with E-state index in [9.17, 15) is 10.1 Å². The van der Waals surface area contributed by atoms with Crippen LogP contribution < -0.4 is 0 Å². The molecule has 0 unspecified atom stereocenters. The Bertz CT molecular complexity index is 433. The minimum absolute atomic E-state index is 0.0669. The van der Waals surface area contributed by atoms with E-state index in [0.29, 0.717) is 11.0 Å². The van der Waals surface area contributed by atoms with Crippen LogP contribution in [0.3, 0.4) is 0 Å². The Labute approximate surface area is 67.6 Å². The van der Waals surface area contributed by atoms with Crippen molar-refractivity contribution in [2.75, 3.05) is 0 Å². The highest BCUT2D eigenvalue weighted by Crippen LogP contribution is 2.20. The molecule has 12 heavy (non-hydrogen) atoms. The zero-order valence-corrected chi connectivity index (χ0v) is 5.98. The van der Waals surface area contributed by atoms with E-state index in [4.69, 9.17) is 4.42 Å². The maximum atomic E-state index is 10.3. The Morgan fingerprint density at radius 1 is 1.50 bits per heavy atom. The number of benzene rings is 1. The molecule has 0 saturated carbocycles. The molecule has 1 aromatic carbocycles. The number of nitro groups is 1. The molecule has 1 heterocycles. The van der Waals surface area contributed by atoms with E-state index in [2.05, 4.69) is 6.26 Å². The molecular formula is C8H4NO3. The van der Waals surface area contributed by atoms with Gasteiger partial charge in [0.15, 0.2) is 6.26 Å². The number of fused-ring (bicyclic) bond motifs is 1. The number of hydrogen-bond acceptors (Lipinski definition) is 3. The minimum Gasteiger partial charge on any atom is -0.453 e. The van der Waals surface area contributed by atoms with Crippen molar-refractivity contribution in [2.24, 2.45) is 0 Å². The largest absolute Gasteiger partial charge is 0.453 e. The minimum atomic E-state index is -0.438. The average Bonchev–Trinajstić information content (AvgIpc) is 2.49. The predicted octanol–water partition coefficient (Wildman–Crippen LogP) is 2.14. The third-order valence-corrected chi connectivity index (χ3v) is 1.59. The average molecular weight is 162 g/mol. The summed E-state index contributed by atoms with van der Waals surface area (Å²) >= 11 is 0. The molecule has 0 N–H and O–H groups in total. The fourth-order valence-corrected chi connectivity index (χ4v) is 1.01. The molecule has 1 radical (unpaired) electrons. The molecule has 4 nitrogen and oxygen atoms in total. The molecule has 0 aliphatic carbocycles. The highest BCUT2D eigenvalue weighted by Gasteiger charge is 2.06. The first-order chi connectivity index (χ1) is 5.77. The number of hydrogen-bond donors (Lipinski definition) is 0. The van der Waals surface area contributed by atoms with Crippen LogP contribution in [-0.2, 0) is 0 Å². The van der Waals surface area contributed by atoms with Crippen LogP contribution in [0.4, 0.5) is 5.69 Å². The van der Waals surface area contributed by atoms with Gasteiger partial charge in [0.1, 0.15) is 5.58 Å². The number of furan rings is 1. The topological polar surface area (TPSA) is 56.3 Å². The van der Waals surface area contributed by atoms with Gasteiger partial charge in [0.2, 0.25) is 0 Å². The normalized spacial score (nSPS) is 10.3. The number of rotatable bonds is 1. The van der Waals surface area contributed by atoms with Crippen molar-refractivity contribution >= 4 is 16.7 Å². The van der Waals surface area contributed by atoms with Crippen molar-refractivity contribution in [2.45, 2.75) is 0 Å². The van der Waals surface area contributed by atoms with E-state index in [0.717, 1.165) is 0 Å². The first-order valence-corrected chi connectivity index (χ1v) is 3.31. The Balaban J connectivity index is 2.68. The van der Waals surface area contributed by atoms with Gasteiger partial charge in [-0.1, -0.05) is 0 Å². The Morgan fingerprint density at radius 3 is 3.08 bits per heavy atom. The second kappa shape index (κ2) is 2.34. The van der Waals surface area contributed by atoms with Crippen LogP contribution in [0.2, 0.25) is 0 Å². The van der Waals surface area contributed by atoms with Crippen LogP contribution in [0, 0.1) is 16.4 Å². The zero-order valence-electron chi connectivity index (χ0n) is 5.98.